The van der Waals surface area contributed by atoms with Gasteiger partial charge in [-0.2, -0.15) is 0 Å². The summed E-state index contributed by atoms with van der Waals surface area (Å²) in [7, 11) is 3.22. The van der Waals surface area contributed by atoms with E-state index in [9.17, 15) is 4.79 Å². The van der Waals surface area contributed by atoms with Gasteiger partial charge in [0.1, 0.15) is 12.2 Å². The summed E-state index contributed by atoms with van der Waals surface area (Å²) in [6, 6.07) is 3.90. The Bertz CT molecular complexity index is 931. The van der Waals surface area contributed by atoms with Crippen molar-refractivity contribution in [2.24, 2.45) is 0 Å². The van der Waals surface area contributed by atoms with Crippen LogP contribution in [0, 0.1) is 0 Å². The van der Waals surface area contributed by atoms with E-state index in [0.29, 0.717) is 37.6 Å². The molecule has 0 aliphatic carbocycles. The molecule has 176 valence electrons. The minimum absolute atomic E-state index is 0.260. The van der Waals surface area contributed by atoms with Crippen LogP contribution in [-0.4, -0.2) is 73.9 Å². The summed E-state index contributed by atoms with van der Waals surface area (Å²) in [4.78, 5) is 15.7. The van der Waals surface area contributed by atoms with E-state index in [1.165, 1.54) is 0 Å². The summed E-state index contributed by atoms with van der Waals surface area (Å²) in [5.41, 5.74) is 2.13. The molecule has 4 heterocycles. The van der Waals surface area contributed by atoms with Gasteiger partial charge in [0.05, 0.1) is 20.8 Å². The number of rotatable bonds is 3. The van der Waals surface area contributed by atoms with E-state index in [1.54, 1.807) is 33.0 Å². The molecule has 0 N–H and O–H groups in total. The lowest BCUT2D eigenvalue weighted by molar-refractivity contribution is -0.325. The van der Waals surface area contributed by atoms with E-state index >= 15 is 0 Å². The van der Waals surface area contributed by atoms with Crippen molar-refractivity contribution < 1.29 is 38.0 Å². The van der Waals surface area contributed by atoms with Crippen LogP contribution in [-0.2, 0) is 41.4 Å². The fourth-order valence-electron chi connectivity index (χ4n) is 5.10. The zero-order valence-electron chi connectivity index (χ0n) is 19.4. The lowest BCUT2D eigenvalue weighted by Gasteiger charge is -2.38. The highest BCUT2D eigenvalue weighted by molar-refractivity contribution is 5.86. The predicted molar refractivity (Wildman–Crippen MR) is 111 cm³/mol. The summed E-state index contributed by atoms with van der Waals surface area (Å²) in [5.74, 6) is -2.29. The average Bonchev–Trinajstić information content (AvgIpc) is 3.18. The molecule has 0 bridgehead atoms. The van der Waals surface area contributed by atoms with Gasteiger partial charge in [-0.3, -0.25) is 4.79 Å². The maximum absolute atomic E-state index is 13.9. The molecule has 0 spiro atoms. The Morgan fingerprint density at radius 1 is 1.00 bits per heavy atom. The highest BCUT2D eigenvalue weighted by Gasteiger charge is 2.71. The zero-order valence-corrected chi connectivity index (χ0v) is 19.4. The second-order valence-corrected chi connectivity index (χ2v) is 9.61. The van der Waals surface area contributed by atoms with E-state index in [2.05, 4.69) is 0 Å². The molecular formula is C23H31NO8. The van der Waals surface area contributed by atoms with E-state index < -0.39 is 35.7 Å². The minimum Gasteiger partial charge on any atom is -0.493 e. The molecule has 4 atom stereocenters. The summed E-state index contributed by atoms with van der Waals surface area (Å²) in [6.45, 7) is 8.49. The molecule has 0 radical (unpaired) electrons. The van der Waals surface area contributed by atoms with Gasteiger partial charge < -0.3 is 38.1 Å². The number of hydrogen-bond donors (Lipinski definition) is 0. The van der Waals surface area contributed by atoms with E-state index in [-0.39, 0.29) is 5.91 Å². The number of carbonyl (C=O) groups excluding carboxylic acids is 1. The number of amides is 1. The SMILES string of the molecule is COc1cc2c(cc1OC)CN(C(=O)[C@@]13O[C@H]4COC(C)(C)O[C@H]4[C@@H]1OC(C)(C)O3)CC2. The van der Waals surface area contributed by atoms with Crippen LogP contribution in [0.5, 0.6) is 11.5 Å². The van der Waals surface area contributed by atoms with Gasteiger partial charge in [0, 0.05) is 13.1 Å². The molecule has 3 fully saturated rings. The third-order valence-corrected chi connectivity index (χ3v) is 6.49. The lowest BCUT2D eigenvalue weighted by atomic mass is 9.96. The van der Waals surface area contributed by atoms with Crippen LogP contribution in [0.25, 0.3) is 0 Å². The van der Waals surface area contributed by atoms with Crippen molar-refractivity contribution in [3.05, 3.63) is 23.3 Å². The predicted octanol–water partition coefficient (Wildman–Crippen LogP) is 1.99. The van der Waals surface area contributed by atoms with Crippen molar-refractivity contribution in [1.29, 1.82) is 0 Å². The van der Waals surface area contributed by atoms with Crippen LogP contribution in [0.1, 0.15) is 38.8 Å². The fourth-order valence-corrected chi connectivity index (χ4v) is 5.10. The van der Waals surface area contributed by atoms with Crippen LogP contribution in [0.15, 0.2) is 12.1 Å². The Kier molecular flexibility index (Phi) is 5.00. The number of fused-ring (bicyclic) bond motifs is 4. The maximum atomic E-state index is 13.9. The van der Waals surface area contributed by atoms with Gasteiger partial charge in [-0.1, -0.05) is 0 Å². The first-order chi connectivity index (χ1) is 15.1. The first kappa shape index (κ1) is 21.9. The molecule has 1 amide bonds. The highest BCUT2D eigenvalue weighted by Crippen LogP contribution is 2.50. The van der Waals surface area contributed by atoms with E-state index in [4.69, 9.17) is 33.2 Å². The monoisotopic (exact) mass is 449 g/mol. The molecule has 4 aliphatic rings. The second-order valence-electron chi connectivity index (χ2n) is 9.61. The van der Waals surface area contributed by atoms with Gasteiger partial charge in [0.2, 0.25) is 0 Å². The Balaban J connectivity index is 1.44. The number of carbonyl (C=O) groups is 1. The maximum Gasteiger partial charge on any atom is 0.286 e. The third-order valence-electron chi connectivity index (χ3n) is 6.49. The standard InChI is InChI=1S/C23H31NO8/c1-21(2)28-12-17-18(30-21)19-23(29-17,32-22(3,4)31-19)20(25)24-8-7-13-9-15(26-5)16(27-6)10-14(13)11-24/h9-10,17-19H,7-8,11-12H2,1-6H3/t17-,18+,19-,23+/m0/s1. The molecule has 9 heteroatoms. The van der Waals surface area contributed by atoms with Crippen molar-refractivity contribution in [2.45, 2.75) is 76.3 Å². The van der Waals surface area contributed by atoms with Gasteiger partial charge in [-0.15, -0.1) is 0 Å². The molecule has 1 aromatic carbocycles. The smallest absolute Gasteiger partial charge is 0.286 e. The highest BCUT2D eigenvalue weighted by atomic mass is 16.9. The molecule has 32 heavy (non-hydrogen) atoms. The molecule has 0 aromatic heterocycles. The molecular weight excluding hydrogens is 418 g/mol. The zero-order chi connectivity index (χ0) is 22.9. The minimum atomic E-state index is -1.57. The number of nitrogens with zero attached hydrogens (tertiary/aromatic N) is 1. The van der Waals surface area contributed by atoms with Crippen molar-refractivity contribution >= 4 is 5.91 Å². The molecule has 5 rings (SSSR count). The molecule has 4 aliphatic heterocycles. The molecule has 0 saturated carbocycles. The molecule has 3 saturated heterocycles. The quantitative estimate of drug-likeness (QED) is 0.693. The third kappa shape index (κ3) is 3.38. The normalized spacial score (nSPS) is 34.4. The lowest BCUT2D eigenvalue weighted by Crippen LogP contribution is -2.56. The first-order valence-corrected chi connectivity index (χ1v) is 11.0. The van der Waals surface area contributed by atoms with Gasteiger partial charge in [0.15, 0.2) is 29.2 Å². The molecule has 1 aromatic rings. The molecule has 9 nitrogen and oxygen atoms in total. The van der Waals surface area contributed by atoms with Crippen molar-refractivity contribution in [2.75, 3.05) is 27.4 Å². The van der Waals surface area contributed by atoms with Crippen molar-refractivity contribution in [3.63, 3.8) is 0 Å². The largest absolute Gasteiger partial charge is 0.493 e. The Hall–Kier alpha value is -1.91. The summed E-state index contributed by atoms with van der Waals surface area (Å²) in [6.07, 6.45) is -0.920. The number of benzene rings is 1. The summed E-state index contributed by atoms with van der Waals surface area (Å²) >= 11 is 0. The number of hydrogen-bond acceptors (Lipinski definition) is 8. The number of methoxy groups -OCH3 is 2. The molecule has 0 unspecified atom stereocenters. The van der Waals surface area contributed by atoms with Gasteiger partial charge in [-0.25, -0.2) is 0 Å². The Morgan fingerprint density at radius 3 is 2.38 bits per heavy atom. The van der Waals surface area contributed by atoms with Crippen LogP contribution in [0.2, 0.25) is 0 Å². The van der Waals surface area contributed by atoms with Gasteiger partial charge in [-0.05, 0) is 57.4 Å². The average molecular weight is 450 g/mol. The van der Waals surface area contributed by atoms with E-state index in [1.807, 2.05) is 26.0 Å². The second kappa shape index (κ2) is 7.30. The van der Waals surface area contributed by atoms with Crippen molar-refractivity contribution in [1.82, 2.24) is 4.90 Å². The first-order valence-electron chi connectivity index (χ1n) is 11.0. The van der Waals surface area contributed by atoms with Crippen LogP contribution in [0.3, 0.4) is 0 Å². The van der Waals surface area contributed by atoms with Crippen LogP contribution in [0.4, 0.5) is 0 Å². The topological polar surface area (TPSA) is 84.9 Å². The van der Waals surface area contributed by atoms with Gasteiger partial charge >= 0.3 is 0 Å². The summed E-state index contributed by atoms with van der Waals surface area (Å²) in [5, 5.41) is 0. The Morgan fingerprint density at radius 2 is 1.69 bits per heavy atom. The van der Waals surface area contributed by atoms with E-state index in [0.717, 1.165) is 11.1 Å². The van der Waals surface area contributed by atoms with Gasteiger partial charge in [0.25, 0.3) is 11.7 Å². The fraction of sp³-hybridized carbons (Fsp3) is 0.696. The van der Waals surface area contributed by atoms with Crippen molar-refractivity contribution in [3.8, 4) is 11.5 Å². The number of ether oxygens (including phenoxy) is 7. The van der Waals surface area contributed by atoms with Crippen LogP contribution >= 0.6 is 0 Å². The van der Waals surface area contributed by atoms with Crippen LogP contribution < -0.4 is 9.47 Å². The summed E-state index contributed by atoms with van der Waals surface area (Å²) < 4.78 is 41.4. The Labute approximate surface area is 187 Å².